The normalized spacial score (nSPS) is 26.2. The van der Waals surface area contributed by atoms with Crippen molar-refractivity contribution < 1.29 is 4.79 Å². The molecule has 1 aromatic rings. The highest BCUT2D eigenvalue weighted by Crippen LogP contribution is 2.32. The number of benzene rings is 1. The molecule has 1 fully saturated rings. The van der Waals surface area contributed by atoms with E-state index in [1.165, 1.54) is 5.56 Å². The molecule has 0 unspecified atom stereocenters. The molecule has 0 bridgehead atoms. The highest BCUT2D eigenvalue weighted by atomic mass is 35.5. The Balaban J connectivity index is 1.83. The first kappa shape index (κ1) is 15.4. The van der Waals surface area contributed by atoms with E-state index in [2.05, 4.69) is 24.4 Å². The molecule has 0 atom stereocenters. The maximum Gasteiger partial charge on any atom is 0.220 e. The zero-order chi connectivity index (χ0) is 14.4. The molecule has 0 radical (unpaired) electrons. The number of halogens is 1. The van der Waals surface area contributed by atoms with E-state index in [0.29, 0.717) is 12.3 Å². The van der Waals surface area contributed by atoms with Crippen LogP contribution in [0.5, 0.6) is 0 Å². The number of alkyl halides is 1. The third-order valence-electron chi connectivity index (χ3n) is 4.38. The zero-order valence-corrected chi connectivity index (χ0v) is 13.0. The van der Waals surface area contributed by atoms with E-state index >= 15 is 0 Å². The maximum absolute atomic E-state index is 12.2. The minimum absolute atomic E-state index is 0.129. The van der Waals surface area contributed by atoms with Gasteiger partial charge in [0.2, 0.25) is 5.91 Å². The van der Waals surface area contributed by atoms with Crippen LogP contribution in [0.15, 0.2) is 30.3 Å². The first-order chi connectivity index (χ1) is 9.63. The van der Waals surface area contributed by atoms with Gasteiger partial charge in [-0.3, -0.25) is 4.79 Å². The molecule has 1 aromatic carbocycles. The Morgan fingerprint density at radius 2 is 1.95 bits per heavy atom. The summed E-state index contributed by atoms with van der Waals surface area (Å²) in [5.41, 5.74) is 1.04. The van der Waals surface area contributed by atoms with E-state index < -0.39 is 0 Å². The zero-order valence-electron chi connectivity index (χ0n) is 12.2. The Bertz CT molecular complexity index is 424. The number of carbonyl (C=O) groups is 1. The van der Waals surface area contributed by atoms with Gasteiger partial charge < -0.3 is 5.32 Å². The first-order valence-electron chi connectivity index (χ1n) is 7.54. The maximum atomic E-state index is 12.2. The minimum Gasteiger partial charge on any atom is -0.349 e. The van der Waals surface area contributed by atoms with Crippen molar-refractivity contribution in [3.63, 3.8) is 0 Å². The van der Waals surface area contributed by atoms with Gasteiger partial charge in [-0.25, -0.2) is 0 Å². The quantitative estimate of drug-likeness (QED) is 0.819. The molecule has 2 rings (SSSR count). The van der Waals surface area contributed by atoms with Crippen molar-refractivity contribution in [2.45, 2.75) is 51.0 Å². The lowest BCUT2D eigenvalue weighted by atomic mass is 9.78. The molecule has 1 N–H and O–H groups in total. The molecule has 0 heterocycles. The average Bonchev–Trinajstić information content (AvgIpc) is 2.49. The molecule has 2 nitrogen and oxygen atoms in total. The van der Waals surface area contributed by atoms with Crippen molar-refractivity contribution >= 4 is 17.5 Å². The predicted octanol–water partition coefficient (Wildman–Crippen LogP) is 3.92. The van der Waals surface area contributed by atoms with Crippen LogP contribution < -0.4 is 5.32 Å². The summed E-state index contributed by atoms with van der Waals surface area (Å²) >= 11 is 6.13. The number of aryl methyl sites for hydroxylation is 1. The fourth-order valence-electron chi connectivity index (χ4n) is 2.87. The summed E-state index contributed by atoms with van der Waals surface area (Å²) in [6, 6.07) is 10.1. The Kier molecular flexibility index (Phi) is 5.47. The lowest BCUT2D eigenvalue weighted by Crippen LogP contribution is -2.52. The van der Waals surface area contributed by atoms with E-state index in [9.17, 15) is 4.79 Å². The molecule has 20 heavy (non-hydrogen) atoms. The molecular weight excluding hydrogens is 270 g/mol. The smallest absolute Gasteiger partial charge is 0.220 e. The second-order valence-electron chi connectivity index (χ2n) is 6.13. The molecule has 1 amide bonds. The van der Waals surface area contributed by atoms with Crippen molar-refractivity contribution in [1.82, 2.24) is 5.32 Å². The molecule has 3 heteroatoms. The summed E-state index contributed by atoms with van der Waals surface area (Å²) in [5.74, 6) is 1.41. The number of hydrogen-bond acceptors (Lipinski definition) is 1. The summed E-state index contributed by atoms with van der Waals surface area (Å²) in [7, 11) is 0. The van der Waals surface area contributed by atoms with Crippen LogP contribution in [0.1, 0.15) is 44.6 Å². The number of rotatable bonds is 5. The molecule has 1 aliphatic rings. The Hall–Kier alpha value is -1.02. The molecule has 0 aromatic heterocycles. The van der Waals surface area contributed by atoms with Crippen LogP contribution in [0.4, 0.5) is 0 Å². The summed E-state index contributed by atoms with van der Waals surface area (Å²) < 4.78 is 0. The van der Waals surface area contributed by atoms with Gasteiger partial charge in [0.1, 0.15) is 0 Å². The van der Waals surface area contributed by atoms with Crippen LogP contribution in [-0.2, 0) is 11.2 Å². The molecule has 1 saturated carbocycles. The van der Waals surface area contributed by atoms with Gasteiger partial charge in [0.25, 0.3) is 0 Å². The third-order valence-corrected chi connectivity index (χ3v) is 4.89. The van der Waals surface area contributed by atoms with Crippen LogP contribution in [0.2, 0.25) is 0 Å². The molecule has 110 valence electrons. The van der Waals surface area contributed by atoms with Crippen LogP contribution in [0, 0.1) is 5.92 Å². The second-order valence-corrected chi connectivity index (χ2v) is 6.40. The number of hydrogen-bond donors (Lipinski definition) is 1. The molecule has 0 saturated heterocycles. The van der Waals surface area contributed by atoms with Gasteiger partial charge in [-0.1, -0.05) is 37.3 Å². The Morgan fingerprint density at radius 3 is 2.55 bits per heavy atom. The number of nitrogens with one attached hydrogen (secondary N) is 1. The number of carbonyl (C=O) groups excluding carboxylic acids is 1. The van der Waals surface area contributed by atoms with Crippen molar-refractivity contribution in [1.29, 1.82) is 0 Å². The van der Waals surface area contributed by atoms with Crippen molar-refractivity contribution in [3.05, 3.63) is 35.9 Å². The molecule has 1 aliphatic carbocycles. The minimum atomic E-state index is -0.165. The fraction of sp³-hybridized carbons (Fsp3) is 0.588. The van der Waals surface area contributed by atoms with Gasteiger partial charge in [-0.2, -0.15) is 0 Å². The average molecular weight is 294 g/mol. The van der Waals surface area contributed by atoms with Crippen LogP contribution in [-0.4, -0.2) is 17.3 Å². The Labute approximate surface area is 126 Å². The van der Waals surface area contributed by atoms with Gasteiger partial charge in [0.15, 0.2) is 0 Å². The van der Waals surface area contributed by atoms with E-state index in [-0.39, 0.29) is 11.4 Å². The van der Waals surface area contributed by atoms with Gasteiger partial charge in [-0.15, -0.1) is 11.6 Å². The predicted molar refractivity (Wildman–Crippen MR) is 84.0 cm³/mol. The van der Waals surface area contributed by atoms with Crippen molar-refractivity contribution in [2.75, 3.05) is 5.88 Å². The number of amides is 1. The first-order valence-corrected chi connectivity index (χ1v) is 8.08. The van der Waals surface area contributed by atoms with Crippen LogP contribution >= 0.6 is 11.6 Å². The fourth-order valence-corrected chi connectivity index (χ4v) is 3.20. The van der Waals surface area contributed by atoms with E-state index in [1.807, 2.05) is 18.2 Å². The van der Waals surface area contributed by atoms with Crippen molar-refractivity contribution in [3.8, 4) is 0 Å². The molecular formula is C17H24ClNO. The van der Waals surface area contributed by atoms with Gasteiger partial charge in [-0.05, 0) is 43.6 Å². The summed E-state index contributed by atoms with van der Waals surface area (Å²) in [5, 5.41) is 3.20. The third kappa shape index (κ3) is 4.24. The van der Waals surface area contributed by atoms with Gasteiger partial charge in [0, 0.05) is 12.3 Å². The van der Waals surface area contributed by atoms with Crippen LogP contribution in [0.3, 0.4) is 0 Å². The molecule has 0 spiro atoms. The molecule has 0 aliphatic heterocycles. The highest BCUT2D eigenvalue weighted by molar-refractivity contribution is 6.18. The summed E-state index contributed by atoms with van der Waals surface area (Å²) in [6.45, 7) is 2.27. The van der Waals surface area contributed by atoms with Crippen molar-refractivity contribution in [2.24, 2.45) is 5.92 Å². The lowest BCUT2D eigenvalue weighted by Gasteiger charge is -2.38. The summed E-state index contributed by atoms with van der Waals surface area (Å²) in [6.07, 6.45) is 5.67. The topological polar surface area (TPSA) is 29.1 Å². The largest absolute Gasteiger partial charge is 0.349 e. The lowest BCUT2D eigenvalue weighted by molar-refractivity contribution is -0.123. The van der Waals surface area contributed by atoms with Gasteiger partial charge in [0.05, 0.1) is 5.54 Å². The van der Waals surface area contributed by atoms with Gasteiger partial charge >= 0.3 is 0 Å². The standard InChI is InChI=1S/C17H24ClNO/c1-14-9-11-17(13-18,12-10-14)19-16(20)8-7-15-5-3-2-4-6-15/h2-6,14H,7-13H2,1H3,(H,19,20). The monoisotopic (exact) mass is 293 g/mol. The van der Waals surface area contributed by atoms with E-state index in [1.54, 1.807) is 0 Å². The Morgan fingerprint density at radius 1 is 1.30 bits per heavy atom. The highest BCUT2D eigenvalue weighted by Gasteiger charge is 2.34. The summed E-state index contributed by atoms with van der Waals surface area (Å²) in [4.78, 5) is 12.2. The second kappa shape index (κ2) is 7.12. The van der Waals surface area contributed by atoms with E-state index in [4.69, 9.17) is 11.6 Å². The van der Waals surface area contributed by atoms with E-state index in [0.717, 1.165) is 38.0 Å². The van der Waals surface area contributed by atoms with Crippen LogP contribution in [0.25, 0.3) is 0 Å². The SMILES string of the molecule is CC1CCC(CCl)(NC(=O)CCc2ccccc2)CC1.